The molecule has 0 spiro atoms. The lowest BCUT2D eigenvalue weighted by molar-refractivity contribution is -0.147. The zero-order valence-corrected chi connectivity index (χ0v) is 16.4. The van der Waals surface area contributed by atoms with Crippen molar-refractivity contribution in [1.29, 1.82) is 0 Å². The van der Waals surface area contributed by atoms with Crippen LogP contribution in [0.5, 0.6) is 0 Å². The van der Waals surface area contributed by atoms with Crippen molar-refractivity contribution in [3.05, 3.63) is 18.2 Å². The Kier molecular flexibility index (Phi) is 6.89. The summed E-state index contributed by atoms with van der Waals surface area (Å²) in [5, 5.41) is 6.89. The summed E-state index contributed by atoms with van der Waals surface area (Å²) in [4.78, 5) is 33.9. The Labute approximate surface area is 160 Å². The summed E-state index contributed by atoms with van der Waals surface area (Å²) >= 11 is 0. The Morgan fingerprint density at radius 1 is 1.04 bits per heavy atom. The summed E-state index contributed by atoms with van der Waals surface area (Å²) in [5.41, 5.74) is -3.16. The number of ketones is 2. The Hall–Kier alpha value is -2.55. The van der Waals surface area contributed by atoms with Gasteiger partial charge in [-0.05, 0) is 32.0 Å². The number of Topliss-reactive ketones (excluding diaryl/α,β-unsaturated/α-hetero) is 2. The van der Waals surface area contributed by atoms with E-state index < -0.39 is 65.2 Å². The van der Waals surface area contributed by atoms with Gasteiger partial charge in [0.05, 0.1) is 18.4 Å². The van der Waals surface area contributed by atoms with Gasteiger partial charge in [-0.15, -0.1) is 0 Å². The quantitative estimate of drug-likeness (QED) is 0.254. The van der Waals surface area contributed by atoms with Gasteiger partial charge in [0.25, 0.3) is 20.2 Å². The van der Waals surface area contributed by atoms with Crippen molar-refractivity contribution in [2.24, 2.45) is 10.2 Å². The molecule has 0 atom stereocenters. The van der Waals surface area contributed by atoms with E-state index in [9.17, 15) is 35.8 Å². The molecule has 14 heteroatoms. The molecular formula is C14H16N2O10S2. The van der Waals surface area contributed by atoms with E-state index in [-0.39, 0.29) is 0 Å². The summed E-state index contributed by atoms with van der Waals surface area (Å²) in [6.45, 7) is 1.86. The van der Waals surface area contributed by atoms with Gasteiger partial charge >= 0.3 is 5.97 Å². The van der Waals surface area contributed by atoms with Crippen LogP contribution in [0.4, 0.5) is 5.69 Å². The fourth-order valence-corrected chi connectivity index (χ4v) is 3.15. The van der Waals surface area contributed by atoms with E-state index in [1.54, 1.807) is 0 Å². The van der Waals surface area contributed by atoms with Crippen molar-refractivity contribution in [2.45, 2.75) is 35.6 Å². The minimum Gasteiger partial charge on any atom is -0.469 e. The highest BCUT2D eigenvalue weighted by Gasteiger charge is 2.44. The molecule has 0 bridgehead atoms. The van der Waals surface area contributed by atoms with E-state index in [0.717, 1.165) is 21.0 Å². The number of esters is 1. The van der Waals surface area contributed by atoms with Crippen LogP contribution >= 0.6 is 0 Å². The van der Waals surface area contributed by atoms with Crippen LogP contribution in [0.1, 0.15) is 20.3 Å². The number of methoxy groups -OCH3 is 1. The normalized spacial score (nSPS) is 12.8. The van der Waals surface area contributed by atoms with E-state index in [2.05, 4.69) is 15.0 Å². The average Bonchev–Trinajstić information content (AvgIpc) is 2.55. The van der Waals surface area contributed by atoms with Gasteiger partial charge in [0.1, 0.15) is 10.6 Å². The van der Waals surface area contributed by atoms with E-state index in [4.69, 9.17) is 4.55 Å². The van der Waals surface area contributed by atoms with Crippen molar-refractivity contribution < 1.29 is 45.1 Å². The lowest BCUT2D eigenvalue weighted by Gasteiger charge is -2.21. The van der Waals surface area contributed by atoms with Crippen molar-refractivity contribution in [3.8, 4) is 0 Å². The Morgan fingerprint density at radius 3 is 1.96 bits per heavy atom. The van der Waals surface area contributed by atoms with Crippen molar-refractivity contribution in [2.75, 3.05) is 7.11 Å². The van der Waals surface area contributed by atoms with E-state index in [1.807, 2.05) is 0 Å². The second-order valence-corrected chi connectivity index (χ2v) is 8.32. The number of nitrogens with zero attached hydrogens (tertiary/aromatic N) is 2. The molecular weight excluding hydrogens is 420 g/mol. The summed E-state index contributed by atoms with van der Waals surface area (Å²) < 4.78 is 68.2. The van der Waals surface area contributed by atoms with Gasteiger partial charge in [-0.25, -0.2) is 0 Å². The maximum atomic E-state index is 12.0. The molecule has 28 heavy (non-hydrogen) atoms. The molecule has 1 aromatic carbocycles. The molecule has 0 heterocycles. The number of hydrogen-bond donors (Lipinski definition) is 2. The number of carbonyl (C=O) groups excluding carboxylic acids is 3. The summed E-state index contributed by atoms with van der Waals surface area (Å²) in [6, 6.07) is 1.84. The largest absolute Gasteiger partial charge is 0.469 e. The Balaban J connectivity index is 3.73. The van der Waals surface area contributed by atoms with E-state index in [0.29, 0.717) is 18.2 Å². The fourth-order valence-electron chi connectivity index (χ4n) is 2.05. The molecule has 2 N–H and O–H groups in total. The molecule has 0 amide bonds. The number of azo groups is 1. The number of benzene rings is 1. The Morgan fingerprint density at radius 2 is 1.57 bits per heavy atom. The van der Waals surface area contributed by atoms with Crippen LogP contribution in [0.15, 0.2) is 38.2 Å². The van der Waals surface area contributed by atoms with E-state index >= 15 is 0 Å². The zero-order valence-electron chi connectivity index (χ0n) is 14.8. The van der Waals surface area contributed by atoms with Crippen molar-refractivity contribution in [1.82, 2.24) is 0 Å². The van der Waals surface area contributed by atoms with Crippen LogP contribution in [0.2, 0.25) is 0 Å². The molecule has 0 aliphatic heterocycles. The topological polar surface area (TPSA) is 194 Å². The van der Waals surface area contributed by atoms with Gasteiger partial charge in [0.2, 0.25) is 5.54 Å². The highest BCUT2D eigenvalue weighted by atomic mass is 32.2. The fraction of sp³-hybridized carbons (Fsp3) is 0.357. The van der Waals surface area contributed by atoms with Crippen LogP contribution in [0.3, 0.4) is 0 Å². The van der Waals surface area contributed by atoms with Gasteiger partial charge in [-0.2, -0.15) is 27.1 Å². The van der Waals surface area contributed by atoms with Crippen LogP contribution < -0.4 is 0 Å². The monoisotopic (exact) mass is 436 g/mol. The molecule has 0 saturated carbocycles. The molecule has 0 saturated heterocycles. The van der Waals surface area contributed by atoms with Gasteiger partial charge in [0, 0.05) is 0 Å². The van der Waals surface area contributed by atoms with Crippen LogP contribution in [-0.2, 0) is 39.4 Å². The Bertz CT molecular complexity index is 1040. The van der Waals surface area contributed by atoms with Crippen molar-refractivity contribution >= 4 is 43.5 Å². The summed E-state index contributed by atoms with van der Waals surface area (Å²) in [7, 11) is -8.71. The standard InChI is InChI=1S/C14H16N2O10S2/c1-8(17)14(9(2)18,7-13(19)26-3)16-15-11-6-10(27(20,21)22)4-5-12(11)28(23,24)25/h4-6H,7H2,1-3H3,(H,20,21,22)(H,23,24,25). The predicted octanol–water partition coefficient (Wildman–Crippen LogP) is 0.744. The molecule has 0 fully saturated rings. The molecule has 0 radical (unpaired) electrons. The molecule has 154 valence electrons. The van der Waals surface area contributed by atoms with Crippen LogP contribution in [-0.4, -0.2) is 56.1 Å². The molecule has 0 aromatic heterocycles. The average molecular weight is 436 g/mol. The first-order valence-electron chi connectivity index (χ1n) is 7.26. The van der Waals surface area contributed by atoms with Crippen LogP contribution in [0.25, 0.3) is 0 Å². The number of hydrogen-bond acceptors (Lipinski definition) is 10. The molecule has 12 nitrogen and oxygen atoms in total. The third-order valence-electron chi connectivity index (χ3n) is 3.63. The highest BCUT2D eigenvalue weighted by molar-refractivity contribution is 7.86. The summed E-state index contributed by atoms with van der Waals surface area (Å²) in [5.74, 6) is -2.84. The highest BCUT2D eigenvalue weighted by Crippen LogP contribution is 2.30. The van der Waals surface area contributed by atoms with Crippen molar-refractivity contribution in [3.63, 3.8) is 0 Å². The minimum absolute atomic E-state index is 0.547. The van der Waals surface area contributed by atoms with Gasteiger partial charge in [-0.3, -0.25) is 23.5 Å². The maximum absolute atomic E-state index is 12.0. The number of carbonyl (C=O) groups is 3. The smallest absolute Gasteiger partial charge is 0.309 e. The molecule has 0 aliphatic rings. The predicted molar refractivity (Wildman–Crippen MR) is 91.3 cm³/mol. The van der Waals surface area contributed by atoms with Gasteiger partial charge in [0.15, 0.2) is 11.6 Å². The van der Waals surface area contributed by atoms with Crippen LogP contribution in [0, 0.1) is 0 Å². The first kappa shape index (κ1) is 23.5. The second kappa shape index (κ2) is 8.22. The number of ether oxygens (including phenoxy) is 1. The summed E-state index contributed by atoms with van der Waals surface area (Å²) in [6.07, 6.45) is -0.850. The first-order valence-corrected chi connectivity index (χ1v) is 10.1. The molecule has 1 rings (SSSR count). The zero-order chi connectivity index (χ0) is 21.9. The third-order valence-corrected chi connectivity index (χ3v) is 5.38. The second-order valence-electron chi connectivity index (χ2n) is 5.51. The lowest BCUT2D eigenvalue weighted by Crippen LogP contribution is -2.44. The SMILES string of the molecule is COC(=O)CC(N=Nc1cc(S(=O)(=O)O)ccc1S(=O)(=O)O)(C(C)=O)C(C)=O. The number of rotatable bonds is 8. The molecule has 0 unspecified atom stereocenters. The van der Waals surface area contributed by atoms with E-state index in [1.165, 1.54) is 0 Å². The van der Waals surface area contributed by atoms with Gasteiger partial charge < -0.3 is 4.74 Å². The first-order chi connectivity index (χ1) is 12.6. The molecule has 0 aliphatic carbocycles. The minimum atomic E-state index is -4.92. The lowest BCUT2D eigenvalue weighted by atomic mass is 9.88. The molecule has 1 aromatic rings. The third kappa shape index (κ3) is 5.25. The maximum Gasteiger partial charge on any atom is 0.309 e. The van der Waals surface area contributed by atoms with Gasteiger partial charge in [-0.1, -0.05) is 0 Å².